The number of nitrogens with one attached hydrogen (secondary N) is 2. The number of carbonyl (C=O) groups is 1. The maximum absolute atomic E-state index is 12.2. The average Bonchev–Trinajstić information content (AvgIpc) is 2.44. The van der Waals surface area contributed by atoms with Crippen molar-refractivity contribution in [3.63, 3.8) is 0 Å². The summed E-state index contributed by atoms with van der Waals surface area (Å²) in [5.41, 5.74) is 2.93. The second kappa shape index (κ2) is 8.20. The van der Waals surface area contributed by atoms with E-state index in [-0.39, 0.29) is 16.5 Å². The van der Waals surface area contributed by atoms with Crippen LogP contribution in [0.1, 0.15) is 56.8 Å². The highest BCUT2D eigenvalue weighted by Gasteiger charge is 2.19. The van der Waals surface area contributed by atoms with E-state index in [9.17, 15) is 4.79 Å². The number of pyridine rings is 1. The minimum atomic E-state index is -0.167. The molecule has 0 fully saturated rings. The molecule has 0 unspecified atom stereocenters. The molecule has 0 aromatic carbocycles. The van der Waals surface area contributed by atoms with Gasteiger partial charge in [0.2, 0.25) is 0 Å². The zero-order valence-electron chi connectivity index (χ0n) is 13.0. The number of carbonyl (C=O) groups excluding carboxylic acids is 1. The van der Waals surface area contributed by atoms with E-state index in [1.807, 2.05) is 0 Å². The number of amides is 1. The van der Waals surface area contributed by atoms with Gasteiger partial charge in [0.25, 0.3) is 5.91 Å². The molecule has 4 N–H and O–H groups in total. The summed E-state index contributed by atoms with van der Waals surface area (Å²) in [6.07, 6.45) is 4.70. The normalized spacial score (nSPS) is 11.3. The molecule has 1 aromatic heterocycles. The SMILES string of the molecule is CCCCCC(C)(C)CNC(=O)c1cc(Cl)nc(NN)c1. The molecule has 1 aromatic rings. The highest BCUT2D eigenvalue weighted by molar-refractivity contribution is 6.29. The predicted molar refractivity (Wildman–Crippen MR) is 87.3 cm³/mol. The Labute approximate surface area is 131 Å². The van der Waals surface area contributed by atoms with Crippen molar-refractivity contribution >= 4 is 23.3 Å². The van der Waals surface area contributed by atoms with Crippen molar-refractivity contribution in [2.75, 3.05) is 12.0 Å². The highest BCUT2D eigenvalue weighted by Crippen LogP contribution is 2.23. The van der Waals surface area contributed by atoms with Crippen molar-refractivity contribution in [2.24, 2.45) is 11.3 Å². The Balaban J connectivity index is 2.59. The smallest absolute Gasteiger partial charge is 0.251 e. The van der Waals surface area contributed by atoms with Crippen LogP contribution in [0.15, 0.2) is 12.1 Å². The number of hydrogen-bond acceptors (Lipinski definition) is 4. The molecule has 5 nitrogen and oxygen atoms in total. The zero-order valence-corrected chi connectivity index (χ0v) is 13.8. The van der Waals surface area contributed by atoms with Crippen molar-refractivity contribution < 1.29 is 4.79 Å². The summed E-state index contributed by atoms with van der Waals surface area (Å²) < 4.78 is 0. The lowest BCUT2D eigenvalue weighted by Gasteiger charge is -2.25. The maximum Gasteiger partial charge on any atom is 0.251 e. The number of nitrogen functional groups attached to an aromatic ring is 1. The van der Waals surface area contributed by atoms with Gasteiger partial charge in [-0.25, -0.2) is 10.8 Å². The van der Waals surface area contributed by atoms with Crippen LogP contribution in [0.4, 0.5) is 5.82 Å². The monoisotopic (exact) mass is 312 g/mol. The van der Waals surface area contributed by atoms with Crippen molar-refractivity contribution in [1.29, 1.82) is 0 Å². The first-order chi connectivity index (χ1) is 9.88. The molecule has 0 saturated heterocycles. The molecule has 0 saturated carbocycles. The summed E-state index contributed by atoms with van der Waals surface area (Å²) in [5.74, 6) is 5.50. The molecule has 6 heteroatoms. The molecular weight excluding hydrogens is 288 g/mol. The van der Waals surface area contributed by atoms with Crippen LogP contribution in [0, 0.1) is 5.41 Å². The molecule has 1 heterocycles. The lowest BCUT2D eigenvalue weighted by Crippen LogP contribution is -2.34. The largest absolute Gasteiger partial charge is 0.351 e. The van der Waals surface area contributed by atoms with Gasteiger partial charge in [0.15, 0.2) is 0 Å². The lowest BCUT2D eigenvalue weighted by molar-refractivity contribution is 0.0934. The van der Waals surface area contributed by atoms with Gasteiger partial charge in [-0.05, 0) is 24.0 Å². The maximum atomic E-state index is 12.2. The molecule has 1 amide bonds. The van der Waals surface area contributed by atoms with Crippen LogP contribution in [0.25, 0.3) is 0 Å². The predicted octanol–water partition coefficient (Wildman–Crippen LogP) is 3.36. The Morgan fingerprint density at radius 1 is 1.38 bits per heavy atom. The standard InChI is InChI=1S/C15H25ClN4O/c1-4-5-6-7-15(2,3)10-18-14(21)11-8-12(16)19-13(9-11)20-17/h8-9H,4-7,10,17H2,1-3H3,(H,18,21)(H,19,20). The van der Waals surface area contributed by atoms with Crippen LogP contribution < -0.4 is 16.6 Å². The Morgan fingerprint density at radius 3 is 2.71 bits per heavy atom. The van der Waals surface area contributed by atoms with Gasteiger partial charge < -0.3 is 10.7 Å². The van der Waals surface area contributed by atoms with Gasteiger partial charge in [-0.3, -0.25) is 4.79 Å². The summed E-state index contributed by atoms with van der Waals surface area (Å²) in [6.45, 7) is 7.14. The Bertz CT molecular complexity index is 477. The van der Waals surface area contributed by atoms with Crippen molar-refractivity contribution in [2.45, 2.75) is 46.5 Å². The van der Waals surface area contributed by atoms with E-state index >= 15 is 0 Å². The minimum Gasteiger partial charge on any atom is -0.351 e. The van der Waals surface area contributed by atoms with Crippen molar-refractivity contribution in [1.82, 2.24) is 10.3 Å². The number of rotatable bonds is 8. The first-order valence-electron chi connectivity index (χ1n) is 7.30. The van der Waals surface area contributed by atoms with Crippen LogP contribution in [-0.4, -0.2) is 17.4 Å². The van der Waals surface area contributed by atoms with Crippen LogP contribution in [0.3, 0.4) is 0 Å². The molecule has 0 atom stereocenters. The molecule has 0 aliphatic carbocycles. The molecule has 21 heavy (non-hydrogen) atoms. The fraction of sp³-hybridized carbons (Fsp3) is 0.600. The van der Waals surface area contributed by atoms with Gasteiger partial charge >= 0.3 is 0 Å². The van der Waals surface area contributed by atoms with Crippen molar-refractivity contribution in [3.8, 4) is 0 Å². The molecule has 0 aliphatic heterocycles. The Kier molecular flexibility index (Phi) is 6.92. The van der Waals surface area contributed by atoms with E-state index in [2.05, 4.69) is 36.5 Å². The van der Waals surface area contributed by atoms with Crippen LogP contribution in [-0.2, 0) is 0 Å². The number of nitrogens with two attached hydrogens (primary N) is 1. The van der Waals surface area contributed by atoms with Gasteiger partial charge in [0, 0.05) is 12.1 Å². The molecule has 1 rings (SSSR count). The van der Waals surface area contributed by atoms with Crippen LogP contribution in [0.5, 0.6) is 0 Å². The third-order valence-corrected chi connectivity index (χ3v) is 3.58. The number of halogens is 1. The third kappa shape index (κ3) is 6.31. The highest BCUT2D eigenvalue weighted by atomic mass is 35.5. The quantitative estimate of drug-likeness (QED) is 0.297. The number of nitrogens with zero attached hydrogens (tertiary/aromatic N) is 1. The molecule has 118 valence electrons. The number of aromatic nitrogens is 1. The first-order valence-corrected chi connectivity index (χ1v) is 7.68. The van der Waals surface area contributed by atoms with E-state index in [1.54, 1.807) is 6.07 Å². The average molecular weight is 313 g/mol. The Morgan fingerprint density at radius 2 is 2.10 bits per heavy atom. The summed E-state index contributed by atoms with van der Waals surface area (Å²) in [5, 5.41) is 3.18. The first kappa shape index (κ1) is 17.7. The van der Waals surface area contributed by atoms with E-state index in [4.69, 9.17) is 17.4 Å². The Hall–Kier alpha value is -1.33. The second-order valence-electron chi connectivity index (χ2n) is 6.01. The van der Waals surface area contributed by atoms with Gasteiger partial charge in [-0.1, -0.05) is 51.6 Å². The van der Waals surface area contributed by atoms with Gasteiger partial charge in [0.1, 0.15) is 11.0 Å². The summed E-state index contributed by atoms with van der Waals surface area (Å²) >= 11 is 5.86. The van der Waals surface area contributed by atoms with E-state index in [0.29, 0.717) is 17.9 Å². The topological polar surface area (TPSA) is 80.0 Å². The molecule has 0 spiro atoms. The summed E-state index contributed by atoms with van der Waals surface area (Å²) in [7, 11) is 0. The number of hydrogen-bond donors (Lipinski definition) is 3. The summed E-state index contributed by atoms with van der Waals surface area (Å²) in [6, 6.07) is 3.10. The third-order valence-electron chi connectivity index (χ3n) is 3.39. The van der Waals surface area contributed by atoms with E-state index in [1.165, 1.54) is 25.3 Å². The fourth-order valence-electron chi connectivity index (χ4n) is 2.07. The number of hydrazine groups is 1. The fourth-order valence-corrected chi connectivity index (χ4v) is 2.27. The molecule has 0 bridgehead atoms. The summed E-state index contributed by atoms with van der Waals surface area (Å²) in [4.78, 5) is 16.1. The second-order valence-corrected chi connectivity index (χ2v) is 6.40. The van der Waals surface area contributed by atoms with E-state index < -0.39 is 0 Å². The minimum absolute atomic E-state index is 0.0800. The molecule has 0 radical (unpaired) electrons. The zero-order chi connectivity index (χ0) is 15.9. The van der Waals surface area contributed by atoms with Gasteiger partial charge in [-0.15, -0.1) is 0 Å². The van der Waals surface area contributed by atoms with Crippen LogP contribution in [0.2, 0.25) is 5.15 Å². The lowest BCUT2D eigenvalue weighted by atomic mass is 9.87. The van der Waals surface area contributed by atoms with Crippen LogP contribution >= 0.6 is 11.6 Å². The van der Waals surface area contributed by atoms with E-state index in [0.717, 1.165) is 6.42 Å². The molecule has 0 aliphatic rings. The van der Waals surface area contributed by atoms with Gasteiger partial charge in [-0.2, -0.15) is 0 Å². The number of unbranched alkanes of at least 4 members (excludes halogenated alkanes) is 2. The molecular formula is C15H25ClN4O. The van der Waals surface area contributed by atoms with Crippen molar-refractivity contribution in [3.05, 3.63) is 22.8 Å². The van der Waals surface area contributed by atoms with Gasteiger partial charge in [0.05, 0.1) is 0 Å². The number of anilines is 1.